The summed E-state index contributed by atoms with van der Waals surface area (Å²) >= 11 is 0. The van der Waals surface area contributed by atoms with Crippen LogP contribution in [0.25, 0.3) is 55.6 Å². The van der Waals surface area contributed by atoms with Gasteiger partial charge in [0.15, 0.2) is 0 Å². The molecule has 5 aliphatic rings. The third kappa shape index (κ3) is 6.19. The van der Waals surface area contributed by atoms with Crippen molar-refractivity contribution in [2.45, 2.75) is 63.2 Å². The van der Waals surface area contributed by atoms with Gasteiger partial charge in [-0.1, -0.05) is 184 Å². The van der Waals surface area contributed by atoms with E-state index in [-0.39, 0.29) is 5.41 Å². The normalized spacial score (nSPS) is 21.4. The lowest BCUT2D eigenvalue weighted by molar-refractivity contribution is -0.00518. The van der Waals surface area contributed by atoms with Gasteiger partial charge in [-0.25, -0.2) is 0 Å². The summed E-state index contributed by atoms with van der Waals surface area (Å²) in [7, 11) is 0. The fourth-order valence-electron chi connectivity index (χ4n) is 12.9. The molecule has 8 aromatic rings. The Labute approximate surface area is 367 Å². The summed E-state index contributed by atoms with van der Waals surface area (Å²) in [6.07, 6.45) is 8.72. The molecule has 0 amide bonds. The lowest BCUT2D eigenvalue weighted by Gasteiger charge is -2.57. The van der Waals surface area contributed by atoms with E-state index in [2.05, 4.69) is 213 Å². The zero-order chi connectivity index (χ0) is 41.4. The molecule has 0 spiro atoms. The molecule has 0 unspecified atom stereocenters. The van der Waals surface area contributed by atoms with E-state index in [0.29, 0.717) is 5.41 Å². The van der Waals surface area contributed by atoms with Crippen molar-refractivity contribution < 1.29 is 0 Å². The quantitative estimate of drug-likeness (QED) is 0.148. The molecule has 0 saturated heterocycles. The number of rotatable bonds is 8. The average molecular weight is 800 g/mol. The van der Waals surface area contributed by atoms with E-state index < -0.39 is 0 Å². The number of hydrogen-bond donors (Lipinski definition) is 0. The maximum absolute atomic E-state index is 2.50. The Bertz CT molecular complexity index is 2830. The molecule has 0 N–H and O–H groups in total. The Morgan fingerprint density at radius 1 is 0.371 bits per heavy atom. The summed E-state index contributed by atoms with van der Waals surface area (Å²) in [5, 5.41) is 0. The zero-order valence-electron chi connectivity index (χ0n) is 35.9. The monoisotopic (exact) mass is 799 g/mol. The van der Waals surface area contributed by atoms with Crippen LogP contribution < -0.4 is 4.90 Å². The molecule has 0 atom stereocenters. The topological polar surface area (TPSA) is 3.24 Å². The van der Waals surface area contributed by atoms with Crippen LogP contribution in [0.5, 0.6) is 0 Å². The van der Waals surface area contributed by atoms with Gasteiger partial charge in [-0.2, -0.15) is 0 Å². The number of benzene rings is 8. The summed E-state index contributed by atoms with van der Waals surface area (Å²) < 4.78 is 0. The average Bonchev–Trinajstić information content (AvgIpc) is 3.55. The Balaban J connectivity index is 0.922. The van der Waals surface area contributed by atoms with Crippen molar-refractivity contribution in [1.29, 1.82) is 0 Å². The van der Waals surface area contributed by atoms with Gasteiger partial charge >= 0.3 is 0 Å². The molecule has 0 heterocycles. The molecule has 13 rings (SSSR count). The SMILES string of the molecule is CC1(C)c2ccccc2-c2ccc(N(c3ccc(-c4ccc(-c5ccc(C67CC8CC(CC(C8)C6)C7)cc5)cc4)cc3)c3c(-c4ccccc4)cccc3-c3ccccc3)cc21. The smallest absolute Gasteiger partial charge is 0.0618 e. The van der Waals surface area contributed by atoms with Gasteiger partial charge in [-0.15, -0.1) is 0 Å². The molecule has 62 heavy (non-hydrogen) atoms. The third-order valence-electron chi connectivity index (χ3n) is 15.5. The van der Waals surface area contributed by atoms with Gasteiger partial charge in [-0.05, 0) is 147 Å². The fourth-order valence-corrected chi connectivity index (χ4v) is 12.9. The molecule has 4 saturated carbocycles. The Kier molecular flexibility index (Phi) is 8.79. The fraction of sp³-hybridized carbons (Fsp3) is 0.213. The van der Waals surface area contributed by atoms with Gasteiger partial charge in [0.25, 0.3) is 0 Å². The molecular weight excluding hydrogens is 747 g/mol. The molecule has 1 heteroatoms. The molecule has 5 aliphatic carbocycles. The highest BCUT2D eigenvalue weighted by Crippen LogP contribution is 2.61. The molecule has 302 valence electrons. The largest absolute Gasteiger partial charge is 0.309 e. The predicted octanol–water partition coefficient (Wildman–Crippen LogP) is 16.6. The number of para-hydroxylation sites is 1. The van der Waals surface area contributed by atoms with Crippen LogP contribution in [0, 0.1) is 17.8 Å². The number of hydrogen-bond acceptors (Lipinski definition) is 1. The first kappa shape index (κ1) is 37.3. The van der Waals surface area contributed by atoms with Crippen LogP contribution in [0.4, 0.5) is 17.1 Å². The van der Waals surface area contributed by atoms with E-state index in [0.717, 1.165) is 29.1 Å². The number of anilines is 3. The minimum absolute atomic E-state index is 0.124. The molecule has 4 fully saturated rings. The maximum Gasteiger partial charge on any atom is 0.0618 e. The van der Waals surface area contributed by atoms with Gasteiger partial charge in [-0.3, -0.25) is 0 Å². The summed E-state index contributed by atoms with van der Waals surface area (Å²) in [6, 6.07) is 72.7. The lowest BCUT2D eigenvalue weighted by atomic mass is 9.48. The lowest BCUT2D eigenvalue weighted by Crippen LogP contribution is -2.48. The highest BCUT2D eigenvalue weighted by molar-refractivity contribution is 5.98. The second-order valence-electron chi connectivity index (χ2n) is 19.6. The van der Waals surface area contributed by atoms with Crippen LogP contribution in [0.15, 0.2) is 194 Å². The van der Waals surface area contributed by atoms with Crippen molar-refractivity contribution in [2.75, 3.05) is 4.90 Å². The second-order valence-corrected chi connectivity index (χ2v) is 19.6. The standard InChI is InChI=1S/C61H53N/c1-60(2)57-19-10-9-16-55(57)56-33-32-52(37-58(56)60)62(59-53(48-12-5-3-6-13-48)17-11-18-54(59)49-14-7-4-8-15-49)51-30-26-47(27-31-51)45-22-20-44(21-23-45)46-24-28-50(29-25-46)61-38-41-34-42(39-61)36-43(35-41)40-61/h3-33,37,41-43H,34-36,38-40H2,1-2H3. The molecule has 0 aliphatic heterocycles. The first-order valence-corrected chi connectivity index (χ1v) is 23.0. The van der Waals surface area contributed by atoms with Crippen molar-refractivity contribution >= 4 is 17.1 Å². The van der Waals surface area contributed by atoms with Crippen molar-refractivity contribution in [3.05, 3.63) is 211 Å². The van der Waals surface area contributed by atoms with Crippen molar-refractivity contribution in [3.8, 4) is 55.6 Å². The summed E-state index contributed by atoms with van der Waals surface area (Å²) in [4.78, 5) is 2.50. The predicted molar refractivity (Wildman–Crippen MR) is 260 cm³/mol. The van der Waals surface area contributed by atoms with E-state index in [9.17, 15) is 0 Å². The van der Waals surface area contributed by atoms with Gasteiger partial charge in [0.05, 0.1) is 5.69 Å². The van der Waals surface area contributed by atoms with Crippen LogP contribution in [0.3, 0.4) is 0 Å². The van der Waals surface area contributed by atoms with Crippen LogP contribution in [0.1, 0.15) is 69.1 Å². The second kappa shape index (κ2) is 14.6. The van der Waals surface area contributed by atoms with Gasteiger partial charge in [0, 0.05) is 27.9 Å². The van der Waals surface area contributed by atoms with Crippen molar-refractivity contribution in [1.82, 2.24) is 0 Å². The van der Waals surface area contributed by atoms with Crippen LogP contribution in [-0.4, -0.2) is 0 Å². The Morgan fingerprint density at radius 3 is 1.35 bits per heavy atom. The summed E-state index contributed by atoms with van der Waals surface area (Å²) in [5.41, 5.74) is 20.6. The van der Waals surface area contributed by atoms with E-state index in [4.69, 9.17) is 0 Å². The third-order valence-corrected chi connectivity index (χ3v) is 15.5. The highest BCUT2D eigenvalue weighted by Gasteiger charge is 2.51. The van der Waals surface area contributed by atoms with Gasteiger partial charge in [0.2, 0.25) is 0 Å². The van der Waals surface area contributed by atoms with E-state index in [1.54, 1.807) is 5.56 Å². The molecule has 4 bridgehead atoms. The first-order valence-electron chi connectivity index (χ1n) is 23.0. The number of fused-ring (bicyclic) bond motifs is 3. The maximum atomic E-state index is 2.50. The van der Waals surface area contributed by atoms with Crippen molar-refractivity contribution in [3.63, 3.8) is 0 Å². The van der Waals surface area contributed by atoms with Crippen LogP contribution in [-0.2, 0) is 10.8 Å². The van der Waals surface area contributed by atoms with Gasteiger partial charge in [0.1, 0.15) is 0 Å². The molecular formula is C61H53N. The van der Waals surface area contributed by atoms with Gasteiger partial charge < -0.3 is 4.90 Å². The minimum atomic E-state index is -0.124. The summed E-state index contributed by atoms with van der Waals surface area (Å²) in [6.45, 7) is 4.75. The van der Waals surface area contributed by atoms with Crippen molar-refractivity contribution in [2.24, 2.45) is 17.8 Å². The van der Waals surface area contributed by atoms with Crippen LogP contribution >= 0.6 is 0 Å². The molecule has 8 aromatic carbocycles. The number of nitrogens with zero attached hydrogens (tertiary/aromatic N) is 1. The van der Waals surface area contributed by atoms with Crippen LogP contribution in [0.2, 0.25) is 0 Å². The first-order chi connectivity index (χ1) is 30.4. The minimum Gasteiger partial charge on any atom is -0.309 e. The van der Waals surface area contributed by atoms with E-state index in [1.807, 2.05) is 0 Å². The zero-order valence-corrected chi connectivity index (χ0v) is 35.9. The Morgan fingerprint density at radius 2 is 0.806 bits per heavy atom. The van der Waals surface area contributed by atoms with E-state index in [1.165, 1.54) is 111 Å². The molecule has 0 radical (unpaired) electrons. The highest BCUT2D eigenvalue weighted by atomic mass is 15.1. The molecule has 1 nitrogen and oxygen atoms in total. The molecule has 0 aromatic heterocycles. The Hall–Kier alpha value is -6.44. The van der Waals surface area contributed by atoms with E-state index >= 15 is 0 Å². The summed E-state index contributed by atoms with van der Waals surface area (Å²) in [5.74, 6) is 2.90.